The molecule has 0 unspecified atom stereocenters. The molecule has 6 aromatic rings. The third-order valence-electron chi connectivity index (χ3n) is 8.20. The van der Waals surface area contributed by atoms with Gasteiger partial charge in [0.1, 0.15) is 0 Å². The van der Waals surface area contributed by atoms with E-state index < -0.39 is 0 Å². The van der Waals surface area contributed by atoms with Gasteiger partial charge in [0.2, 0.25) is 0 Å². The Balaban J connectivity index is 1.45. The van der Waals surface area contributed by atoms with E-state index in [2.05, 4.69) is 142 Å². The second kappa shape index (κ2) is 8.53. The van der Waals surface area contributed by atoms with E-state index in [0.717, 1.165) is 16.8 Å². The third kappa shape index (κ3) is 3.50. The van der Waals surface area contributed by atoms with Crippen molar-refractivity contribution in [3.63, 3.8) is 0 Å². The number of nitrogens with zero attached hydrogens (tertiary/aromatic N) is 1. The second-order valence-electron chi connectivity index (χ2n) is 10.9. The Bertz CT molecular complexity index is 1830. The lowest BCUT2D eigenvalue weighted by atomic mass is 9.82. The molecule has 0 fully saturated rings. The molecule has 1 aliphatic carbocycles. The van der Waals surface area contributed by atoms with Gasteiger partial charge in [-0.2, -0.15) is 0 Å². The fraction of sp³-hybridized carbons (Fsp3) is 0.108. The first-order valence-electron chi connectivity index (χ1n) is 13.3. The van der Waals surface area contributed by atoms with Crippen molar-refractivity contribution >= 4 is 10.9 Å². The summed E-state index contributed by atoms with van der Waals surface area (Å²) in [5, 5.41) is 1.18. The van der Waals surface area contributed by atoms with Gasteiger partial charge in [-0.15, -0.1) is 0 Å². The predicted molar refractivity (Wildman–Crippen MR) is 160 cm³/mol. The van der Waals surface area contributed by atoms with Crippen molar-refractivity contribution in [2.75, 3.05) is 0 Å². The lowest BCUT2D eigenvalue weighted by molar-refractivity contribution is 0.660. The Morgan fingerprint density at radius 3 is 1.87 bits per heavy atom. The summed E-state index contributed by atoms with van der Waals surface area (Å²) in [6.45, 7) is 6.85. The van der Waals surface area contributed by atoms with Crippen molar-refractivity contribution in [2.45, 2.75) is 26.2 Å². The van der Waals surface area contributed by atoms with Gasteiger partial charge in [-0.1, -0.05) is 111 Å². The van der Waals surface area contributed by atoms with E-state index in [1.807, 2.05) is 0 Å². The minimum absolute atomic E-state index is 0.0395. The molecule has 0 atom stereocenters. The van der Waals surface area contributed by atoms with Crippen LogP contribution in [0.25, 0.3) is 55.5 Å². The summed E-state index contributed by atoms with van der Waals surface area (Å²) in [7, 11) is 0. The molecule has 0 saturated carbocycles. The van der Waals surface area contributed by atoms with Crippen LogP contribution in [0.3, 0.4) is 0 Å². The van der Waals surface area contributed by atoms with E-state index in [-0.39, 0.29) is 5.41 Å². The molecule has 0 aliphatic heterocycles. The Kier molecular flexibility index (Phi) is 5.09. The fourth-order valence-electron chi connectivity index (χ4n) is 6.17. The molecule has 1 heterocycles. The summed E-state index contributed by atoms with van der Waals surface area (Å²) in [6, 6.07) is 43.9. The van der Waals surface area contributed by atoms with E-state index in [9.17, 15) is 0 Å². The van der Waals surface area contributed by atoms with Crippen molar-refractivity contribution in [1.29, 1.82) is 0 Å². The Morgan fingerprint density at radius 2 is 1.13 bits per heavy atom. The van der Waals surface area contributed by atoms with Crippen LogP contribution in [0.5, 0.6) is 0 Å². The first-order chi connectivity index (χ1) is 18.5. The van der Waals surface area contributed by atoms with Crippen LogP contribution in [-0.4, -0.2) is 4.98 Å². The van der Waals surface area contributed by atoms with Crippen molar-refractivity contribution in [2.24, 2.45) is 0 Å². The van der Waals surface area contributed by atoms with Crippen molar-refractivity contribution in [3.05, 3.63) is 138 Å². The maximum atomic E-state index is 5.25. The average molecular weight is 488 g/mol. The minimum atomic E-state index is -0.0395. The molecular formula is C37H29N. The van der Waals surface area contributed by atoms with Gasteiger partial charge in [0.05, 0.1) is 11.2 Å². The molecule has 182 valence electrons. The highest BCUT2D eigenvalue weighted by Crippen LogP contribution is 2.49. The van der Waals surface area contributed by atoms with Gasteiger partial charge in [0.25, 0.3) is 0 Å². The molecule has 38 heavy (non-hydrogen) atoms. The average Bonchev–Trinajstić information content (AvgIpc) is 3.19. The second-order valence-corrected chi connectivity index (χ2v) is 10.9. The van der Waals surface area contributed by atoms with E-state index in [1.165, 1.54) is 55.5 Å². The third-order valence-corrected chi connectivity index (χ3v) is 8.20. The maximum absolute atomic E-state index is 5.25. The van der Waals surface area contributed by atoms with Crippen LogP contribution >= 0.6 is 0 Å². The number of pyridine rings is 1. The summed E-state index contributed by atoms with van der Waals surface area (Å²) in [6.07, 6.45) is 0. The topological polar surface area (TPSA) is 12.9 Å². The number of aryl methyl sites for hydroxylation is 1. The first-order valence-corrected chi connectivity index (χ1v) is 13.3. The van der Waals surface area contributed by atoms with Gasteiger partial charge in [0, 0.05) is 16.4 Å². The first kappa shape index (κ1) is 22.7. The molecule has 1 aliphatic rings. The number of hydrogen-bond donors (Lipinski definition) is 0. The van der Waals surface area contributed by atoms with Crippen molar-refractivity contribution in [1.82, 2.24) is 4.98 Å². The van der Waals surface area contributed by atoms with Crippen LogP contribution in [0.15, 0.2) is 121 Å². The highest BCUT2D eigenvalue weighted by Gasteiger charge is 2.35. The molecule has 0 saturated heterocycles. The molecule has 0 spiro atoms. The lowest BCUT2D eigenvalue weighted by Crippen LogP contribution is -2.14. The summed E-state index contributed by atoms with van der Waals surface area (Å²) in [5.74, 6) is 0. The smallest absolute Gasteiger partial charge is 0.0718 e. The lowest BCUT2D eigenvalue weighted by Gasteiger charge is -2.22. The molecule has 5 aromatic carbocycles. The normalized spacial score (nSPS) is 13.3. The van der Waals surface area contributed by atoms with E-state index in [1.54, 1.807) is 0 Å². The zero-order chi connectivity index (χ0) is 25.9. The van der Waals surface area contributed by atoms with Crippen LogP contribution in [0.4, 0.5) is 0 Å². The molecule has 0 amide bonds. The van der Waals surface area contributed by atoms with Crippen LogP contribution in [-0.2, 0) is 5.41 Å². The highest BCUT2D eigenvalue weighted by atomic mass is 14.7. The zero-order valence-electron chi connectivity index (χ0n) is 22.0. The molecule has 1 nitrogen and oxygen atoms in total. The van der Waals surface area contributed by atoms with Crippen LogP contribution in [0.1, 0.15) is 30.5 Å². The Morgan fingerprint density at radius 1 is 0.500 bits per heavy atom. The summed E-state index contributed by atoms with van der Waals surface area (Å²) in [4.78, 5) is 5.25. The van der Waals surface area contributed by atoms with Gasteiger partial charge in [-0.25, -0.2) is 4.98 Å². The quantitative estimate of drug-likeness (QED) is 0.242. The highest BCUT2D eigenvalue weighted by molar-refractivity contribution is 6.00. The molecule has 0 bridgehead atoms. The standard InChI is InChI=1S/C37H29N/c1-24-20-36-32(22-30(24)25-12-6-4-7-13-25)31(26-14-8-5-9-15-26)23-35(38-36)27-18-19-29-28-16-10-11-17-33(28)37(2,3)34(29)21-27/h4-23H,1-3H3. The number of hydrogen-bond acceptors (Lipinski definition) is 1. The number of fused-ring (bicyclic) bond motifs is 4. The SMILES string of the molecule is Cc1cc2nc(-c3ccc4c(c3)C(C)(C)c3ccccc3-4)cc(-c3ccccc3)c2cc1-c1ccccc1. The Labute approximate surface area is 224 Å². The van der Waals surface area contributed by atoms with Crippen molar-refractivity contribution in [3.8, 4) is 44.6 Å². The van der Waals surface area contributed by atoms with Gasteiger partial charge < -0.3 is 0 Å². The monoisotopic (exact) mass is 487 g/mol. The van der Waals surface area contributed by atoms with Crippen LogP contribution in [0.2, 0.25) is 0 Å². The van der Waals surface area contributed by atoms with Crippen LogP contribution < -0.4 is 0 Å². The van der Waals surface area contributed by atoms with E-state index >= 15 is 0 Å². The molecule has 7 rings (SSSR count). The number of benzene rings is 5. The molecule has 0 radical (unpaired) electrons. The van der Waals surface area contributed by atoms with Gasteiger partial charge in [0.15, 0.2) is 0 Å². The maximum Gasteiger partial charge on any atom is 0.0718 e. The van der Waals surface area contributed by atoms with Gasteiger partial charge >= 0.3 is 0 Å². The van der Waals surface area contributed by atoms with Crippen LogP contribution in [0, 0.1) is 6.92 Å². The number of rotatable bonds is 3. The van der Waals surface area contributed by atoms with Gasteiger partial charge in [-0.3, -0.25) is 0 Å². The largest absolute Gasteiger partial charge is 0.248 e. The number of aromatic nitrogens is 1. The summed E-state index contributed by atoms with van der Waals surface area (Å²) >= 11 is 0. The minimum Gasteiger partial charge on any atom is -0.248 e. The molecule has 0 N–H and O–H groups in total. The summed E-state index contributed by atoms with van der Waals surface area (Å²) < 4.78 is 0. The zero-order valence-corrected chi connectivity index (χ0v) is 22.0. The molecule has 1 heteroatoms. The fourth-order valence-corrected chi connectivity index (χ4v) is 6.17. The van der Waals surface area contributed by atoms with E-state index in [4.69, 9.17) is 4.98 Å². The molecule has 1 aromatic heterocycles. The predicted octanol–water partition coefficient (Wildman–Crippen LogP) is 9.85. The summed E-state index contributed by atoms with van der Waals surface area (Å²) in [5.41, 5.74) is 14.7. The Hall–Kier alpha value is -4.49. The van der Waals surface area contributed by atoms with Crippen molar-refractivity contribution < 1.29 is 0 Å². The molecular weight excluding hydrogens is 458 g/mol. The van der Waals surface area contributed by atoms with E-state index in [0.29, 0.717) is 0 Å². The van der Waals surface area contributed by atoms with Gasteiger partial charge in [-0.05, 0) is 81.3 Å².